The number of hydrogen-bond donors (Lipinski definition) is 1. The van der Waals surface area contributed by atoms with Crippen molar-refractivity contribution in [2.45, 2.75) is 69.7 Å². The molecule has 10 heteroatoms. The van der Waals surface area contributed by atoms with E-state index in [4.69, 9.17) is 0 Å². The Labute approximate surface area is 184 Å². The first kappa shape index (κ1) is 22.7. The molecule has 1 aromatic carbocycles. The molecule has 0 radical (unpaired) electrons. The van der Waals surface area contributed by atoms with E-state index in [0.717, 1.165) is 44.2 Å². The van der Waals surface area contributed by atoms with Gasteiger partial charge in [0, 0.05) is 19.5 Å². The number of tetrazole rings is 1. The van der Waals surface area contributed by atoms with Crippen LogP contribution in [0.15, 0.2) is 30.6 Å². The molecule has 7 nitrogen and oxygen atoms in total. The highest BCUT2D eigenvalue weighted by molar-refractivity contribution is 5.77. The van der Waals surface area contributed by atoms with Crippen LogP contribution in [0.3, 0.4) is 0 Å². The SMILES string of the molecule is O=C(CC1(Cn2cnnn2)CCCCC1)N1CCC(O)(c2cccc(C(F)(F)F)c2)CC1. The van der Waals surface area contributed by atoms with Crippen molar-refractivity contribution in [2.24, 2.45) is 5.41 Å². The number of carbonyl (C=O) groups excluding carboxylic acids is 1. The first-order chi connectivity index (χ1) is 15.2. The molecule has 1 aromatic heterocycles. The second kappa shape index (κ2) is 8.80. The molecule has 0 unspecified atom stereocenters. The van der Waals surface area contributed by atoms with Crippen molar-refractivity contribution < 1.29 is 23.1 Å². The number of halogens is 3. The number of amides is 1. The molecule has 2 aliphatic rings. The van der Waals surface area contributed by atoms with Gasteiger partial charge in [-0.15, -0.1) is 5.10 Å². The van der Waals surface area contributed by atoms with Crippen molar-refractivity contribution >= 4 is 5.91 Å². The molecule has 174 valence electrons. The fraction of sp³-hybridized carbons (Fsp3) is 0.636. The highest BCUT2D eigenvalue weighted by atomic mass is 19.4. The van der Waals surface area contributed by atoms with Gasteiger partial charge < -0.3 is 10.0 Å². The molecule has 0 spiro atoms. The zero-order valence-corrected chi connectivity index (χ0v) is 17.9. The minimum absolute atomic E-state index is 0.0195. The van der Waals surface area contributed by atoms with E-state index < -0.39 is 17.3 Å². The molecule has 2 aromatic rings. The lowest BCUT2D eigenvalue weighted by Gasteiger charge is -2.41. The highest BCUT2D eigenvalue weighted by Crippen LogP contribution is 2.42. The van der Waals surface area contributed by atoms with Crippen LogP contribution >= 0.6 is 0 Å². The summed E-state index contributed by atoms with van der Waals surface area (Å²) < 4.78 is 40.9. The Balaban J connectivity index is 1.41. The minimum Gasteiger partial charge on any atom is -0.385 e. The van der Waals surface area contributed by atoms with Gasteiger partial charge in [-0.2, -0.15) is 13.2 Å². The van der Waals surface area contributed by atoms with Crippen molar-refractivity contribution in [2.75, 3.05) is 13.1 Å². The summed E-state index contributed by atoms with van der Waals surface area (Å²) in [5, 5.41) is 22.4. The maximum atomic E-state index is 13.2. The Kier molecular flexibility index (Phi) is 6.24. The van der Waals surface area contributed by atoms with Gasteiger partial charge >= 0.3 is 6.18 Å². The molecular weight excluding hydrogens is 423 g/mol. The third-order valence-electron chi connectivity index (χ3n) is 7.00. The van der Waals surface area contributed by atoms with E-state index in [9.17, 15) is 23.1 Å². The monoisotopic (exact) mass is 451 g/mol. The molecule has 4 rings (SSSR count). The molecule has 1 aliphatic carbocycles. The first-order valence-electron chi connectivity index (χ1n) is 11.1. The van der Waals surface area contributed by atoms with E-state index >= 15 is 0 Å². The number of benzene rings is 1. The average Bonchev–Trinajstić information content (AvgIpc) is 3.27. The van der Waals surface area contributed by atoms with E-state index in [-0.39, 0.29) is 29.7 Å². The zero-order chi connectivity index (χ0) is 22.8. The lowest BCUT2D eigenvalue weighted by atomic mass is 9.71. The van der Waals surface area contributed by atoms with Crippen LogP contribution < -0.4 is 0 Å². The third-order valence-corrected chi connectivity index (χ3v) is 7.00. The fourth-order valence-electron chi connectivity index (χ4n) is 5.12. The van der Waals surface area contributed by atoms with E-state index in [1.807, 2.05) is 0 Å². The Bertz CT molecular complexity index is 918. The normalized spacial score (nSPS) is 20.8. The number of nitrogens with zero attached hydrogens (tertiary/aromatic N) is 5. The van der Waals surface area contributed by atoms with Gasteiger partial charge in [0.1, 0.15) is 6.33 Å². The molecule has 2 fully saturated rings. The first-order valence-corrected chi connectivity index (χ1v) is 11.1. The third kappa shape index (κ3) is 4.95. The summed E-state index contributed by atoms with van der Waals surface area (Å²) in [6.07, 6.45) is 3.04. The number of rotatable bonds is 5. The summed E-state index contributed by atoms with van der Waals surface area (Å²) >= 11 is 0. The largest absolute Gasteiger partial charge is 0.416 e. The summed E-state index contributed by atoms with van der Waals surface area (Å²) in [5.41, 5.74) is -2.09. The molecule has 1 saturated carbocycles. The Morgan fingerprint density at radius 2 is 1.81 bits per heavy atom. The van der Waals surface area contributed by atoms with Gasteiger partial charge in [0.25, 0.3) is 0 Å². The molecule has 1 aliphatic heterocycles. The van der Waals surface area contributed by atoms with E-state index in [0.29, 0.717) is 26.1 Å². The maximum Gasteiger partial charge on any atom is 0.416 e. The summed E-state index contributed by atoms with van der Waals surface area (Å²) in [6.45, 7) is 1.22. The van der Waals surface area contributed by atoms with Crippen LogP contribution in [-0.4, -0.2) is 49.2 Å². The minimum atomic E-state index is -4.46. The van der Waals surface area contributed by atoms with E-state index in [1.165, 1.54) is 12.1 Å². The van der Waals surface area contributed by atoms with Crippen molar-refractivity contribution in [3.8, 4) is 0 Å². The summed E-state index contributed by atoms with van der Waals surface area (Å²) in [7, 11) is 0. The molecule has 1 saturated heterocycles. The van der Waals surface area contributed by atoms with Gasteiger partial charge in [-0.1, -0.05) is 31.4 Å². The lowest BCUT2D eigenvalue weighted by molar-refractivity contribution is -0.139. The van der Waals surface area contributed by atoms with Gasteiger partial charge in [0.15, 0.2) is 0 Å². The Morgan fingerprint density at radius 3 is 2.44 bits per heavy atom. The summed E-state index contributed by atoms with van der Waals surface area (Å²) in [4.78, 5) is 14.9. The van der Waals surface area contributed by atoms with E-state index in [1.54, 1.807) is 15.9 Å². The summed E-state index contributed by atoms with van der Waals surface area (Å²) in [6, 6.07) is 4.86. The number of piperidine rings is 1. The molecule has 32 heavy (non-hydrogen) atoms. The molecular formula is C22H28F3N5O2. The zero-order valence-electron chi connectivity index (χ0n) is 17.9. The van der Waals surface area contributed by atoms with Gasteiger partial charge in [0.2, 0.25) is 5.91 Å². The Morgan fingerprint density at radius 1 is 1.09 bits per heavy atom. The van der Waals surface area contributed by atoms with Gasteiger partial charge in [-0.05, 0) is 59.2 Å². The van der Waals surface area contributed by atoms with Crippen molar-refractivity contribution in [1.29, 1.82) is 0 Å². The van der Waals surface area contributed by atoms with Crippen LogP contribution in [0.5, 0.6) is 0 Å². The van der Waals surface area contributed by atoms with Crippen LogP contribution in [-0.2, 0) is 23.1 Å². The molecule has 1 N–H and O–H groups in total. The van der Waals surface area contributed by atoms with E-state index in [2.05, 4.69) is 15.5 Å². The Hall–Kier alpha value is -2.49. The fourth-order valence-corrected chi connectivity index (χ4v) is 5.12. The number of carbonyl (C=O) groups is 1. The maximum absolute atomic E-state index is 13.2. The van der Waals surface area contributed by atoms with Gasteiger partial charge in [-0.3, -0.25) is 4.79 Å². The summed E-state index contributed by atoms with van der Waals surface area (Å²) in [5.74, 6) is 0.0195. The van der Waals surface area contributed by atoms with Crippen LogP contribution in [0.4, 0.5) is 13.2 Å². The molecule has 0 atom stereocenters. The number of hydrogen-bond acceptors (Lipinski definition) is 5. The predicted octanol–water partition coefficient (Wildman–Crippen LogP) is 3.54. The second-order valence-corrected chi connectivity index (χ2v) is 9.24. The van der Waals surface area contributed by atoms with Gasteiger partial charge in [0.05, 0.1) is 17.7 Å². The quantitative estimate of drug-likeness (QED) is 0.752. The van der Waals surface area contributed by atoms with Crippen LogP contribution in [0, 0.1) is 5.41 Å². The number of aromatic nitrogens is 4. The number of aliphatic hydroxyl groups is 1. The van der Waals surface area contributed by atoms with Crippen LogP contribution in [0.1, 0.15) is 62.5 Å². The van der Waals surface area contributed by atoms with Crippen molar-refractivity contribution in [3.63, 3.8) is 0 Å². The number of likely N-dealkylation sites (tertiary alicyclic amines) is 1. The van der Waals surface area contributed by atoms with Gasteiger partial charge in [-0.25, -0.2) is 4.68 Å². The van der Waals surface area contributed by atoms with Crippen molar-refractivity contribution in [3.05, 3.63) is 41.7 Å². The smallest absolute Gasteiger partial charge is 0.385 e. The van der Waals surface area contributed by atoms with Crippen molar-refractivity contribution in [1.82, 2.24) is 25.1 Å². The second-order valence-electron chi connectivity index (χ2n) is 9.24. The number of alkyl halides is 3. The lowest BCUT2D eigenvalue weighted by Crippen LogP contribution is -2.47. The molecule has 0 bridgehead atoms. The average molecular weight is 451 g/mol. The van der Waals surface area contributed by atoms with Crippen LogP contribution in [0.2, 0.25) is 0 Å². The van der Waals surface area contributed by atoms with Crippen LogP contribution in [0.25, 0.3) is 0 Å². The molecule has 2 heterocycles. The topological polar surface area (TPSA) is 84.1 Å². The standard InChI is InChI=1S/C22H28F3N5O2/c23-22(24,25)18-6-4-5-17(13-18)21(32)9-11-29(12-10-21)19(31)14-20(7-2-1-3-8-20)15-30-16-26-27-28-30/h4-6,13,16,32H,1-3,7-12,14-15H2. The molecule has 1 amide bonds. The predicted molar refractivity (Wildman–Crippen MR) is 109 cm³/mol. The highest BCUT2D eigenvalue weighted by Gasteiger charge is 2.40.